The molecule has 0 bridgehead atoms. The Morgan fingerprint density at radius 3 is 2.85 bits per heavy atom. The topological polar surface area (TPSA) is 66.9 Å². The van der Waals surface area contributed by atoms with Crippen LogP contribution in [-0.4, -0.2) is 22.4 Å². The SMILES string of the molecule is CCCNc1ccnc(C(=O)Nc2cncc(C)c2)c1. The smallest absolute Gasteiger partial charge is 0.274 e. The third-order valence-electron chi connectivity index (χ3n) is 2.70. The molecule has 0 fully saturated rings. The lowest BCUT2D eigenvalue weighted by Crippen LogP contribution is -2.14. The second kappa shape index (κ2) is 6.65. The van der Waals surface area contributed by atoms with Crippen molar-refractivity contribution in [2.75, 3.05) is 17.2 Å². The van der Waals surface area contributed by atoms with Crippen LogP contribution in [0.15, 0.2) is 36.8 Å². The van der Waals surface area contributed by atoms with Gasteiger partial charge in [0.05, 0.1) is 11.9 Å². The Bertz CT molecular complexity index is 598. The first kappa shape index (κ1) is 14.0. The summed E-state index contributed by atoms with van der Waals surface area (Å²) in [5.41, 5.74) is 2.94. The lowest BCUT2D eigenvalue weighted by molar-refractivity contribution is 0.102. The van der Waals surface area contributed by atoms with Crippen LogP contribution in [0, 0.1) is 6.92 Å². The van der Waals surface area contributed by atoms with Crippen LogP contribution in [0.2, 0.25) is 0 Å². The van der Waals surface area contributed by atoms with Crippen molar-refractivity contribution in [1.82, 2.24) is 9.97 Å². The third-order valence-corrected chi connectivity index (χ3v) is 2.70. The molecule has 1 amide bonds. The highest BCUT2D eigenvalue weighted by atomic mass is 16.1. The van der Waals surface area contributed by atoms with Crippen LogP contribution in [0.3, 0.4) is 0 Å². The van der Waals surface area contributed by atoms with E-state index in [1.54, 1.807) is 24.7 Å². The Morgan fingerprint density at radius 2 is 2.10 bits per heavy atom. The highest BCUT2D eigenvalue weighted by Gasteiger charge is 2.08. The molecule has 104 valence electrons. The average Bonchev–Trinajstić information content (AvgIpc) is 2.45. The van der Waals surface area contributed by atoms with Crippen molar-refractivity contribution in [2.24, 2.45) is 0 Å². The predicted octanol–water partition coefficient (Wildman–Crippen LogP) is 2.86. The third kappa shape index (κ3) is 3.78. The predicted molar refractivity (Wildman–Crippen MR) is 79.9 cm³/mol. The molecule has 0 spiro atoms. The van der Waals surface area contributed by atoms with Crippen LogP contribution < -0.4 is 10.6 Å². The molecule has 20 heavy (non-hydrogen) atoms. The summed E-state index contributed by atoms with van der Waals surface area (Å²) >= 11 is 0. The van der Waals surface area contributed by atoms with Crippen LogP contribution in [0.25, 0.3) is 0 Å². The van der Waals surface area contributed by atoms with Gasteiger partial charge in [0, 0.05) is 24.6 Å². The van der Waals surface area contributed by atoms with Gasteiger partial charge in [0.2, 0.25) is 0 Å². The minimum atomic E-state index is -0.238. The van der Waals surface area contributed by atoms with Gasteiger partial charge in [-0.1, -0.05) is 6.92 Å². The zero-order chi connectivity index (χ0) is 14.4. The first-order chi connectivity index (χ1) is 9.69. The van der Waals surface area contributed by atoms with Crippen molar-refractivity contribution in [3.63, 3.8) is 0 Å². The molecule has 2 aromatic rings. The van der Waals surface area contributed by atoms with Gasteiger partial charge in [-0.05, 0) is 37.1 Å². The summed E-state index contributed by atoms with van der Waals surface area (Å²) in [7, 11) is 0. The normalized spacial score (nSPS) is 10.1. The second-order valence-corrected chi connectivity index (χ2v) is 4.56. The van der Waals surface area contributed by atoms with Gasteiger partial charge in [-0.15, -0.1) is 0 Å². The maximum Gasteiger partial charge on any atom is 0.274 e. The number of anilines is 2. The monoisotopic (exact) mass is 270 g/mol. The van der Waals surface area contributed by atoms with Gasteiger partial charge in [0.1, 0.15) is 5.69 Å². The molecule has 0 aliphatic heterocycles. The number of amides is 1. The van der Waals surface area contributed by atoms with Crippen molar-refractivity contribution in [3.8, 4) is 0 Å². The molecule has 0 radical (unpaired) electrons. The molecule has 5 nitrogen and oxygen atoms in total. The van der Waals surface area contributed by atoms with Gasteiger partial charge < -0.3 is 10.6 Å². The van der Waals surface area contributed by atoms with E-state index in [1.807, 2.05) is 19.1 Å². The molecule has 2 N–H and O–H groups in total. The Balaban J connectivity index is 2.09. The largest absolute Gasteiger partial charge is 0.385 e. The number of aromatic nitrogens is 2. The molecule has 0 unspecified atom stereocenters. The summed E-state index contributed by atoms with van der Waals surface area (Å²) < 4.78 is 0. The number of hydrogen-bond donors (Lipinski definition) is 2. The lowest BCUT2D eigenvalue weighted by atomic mass is 10.2. The van der Waals surface area contributed by atoms with Crippen molar-refractivity contribution < 1.29 is 4.79 Å². The summed E-state index contributed by atoms with van der Waals surface area (Å²) in [6.07, 6.45) is 6.01. The molecule has 2 rings (SSSR count). The molecule has 0 aromatic carbocycles. The van der Waals surface area contributed by atoms with E-state index in [2.05, 4.69) is 27.5 Å². The summed E-state index contributed by atoms with van der Waals surface area (Å²) in [5, 5.41) is 6.02. The Hall–Kier alpha value is -2.43. The average molecular weight is 270 g/mol. The summed E-state index contributed by atoms with van der Waals surface area (Å²) in [5.74, 6) is -0.238. The summed E-state index contributed by atoms with van der Waals surface area (Å²) in [6, 6.07) is 5.46. The zero-order valence-electron chi connectivity index (χ0n) is 11.7. The first-order valence-electron chi connectivity index (χ1n) is 6.62. The lowest BCUT2D eigenvalue weighted by Gasteiger charge is -2.07. The number of nitrogens with one attached hydrogen (secondary N) is 2. The second-order valence-electron chi connectivity index (χ2n) is 4.56. The number of pyridine rings is 2. The minimum absolute atomic E-state index is 0.238. The minimum Gasteiger partial charge on any atom is -0.385 e. The fourth-order valence-electron chi connectivity index (χ4n) is 1.75. The Kier molecular flexibility index (Phi) is 4.65. The standard InChI is InChI=1S/C15H18N4O/c1-3-5-17-12-4-6-18-14(8-12)15(20)19-13-7-11(2)9-16-10-13/h4,6-10H,3,5H2,1-2H3,(H,17,18)(H,19,20). The number of carbonyl (C=O) groups is 1. The maximum atomic E-state index is 12.1. The van der Waals surface area contributed by atoms with E-state index >= 15 is 0 Å². The van der Waals surface area contributed by atoms with Crippen LogP contribution in [0.4, 0.5) is 11.4 Å². The van der Waals surface area contributed by atoms with Gasteiger partial charge in [-0.25, -0.2) is 0 Å². The van der Waals surface area contributed by atoms with Crippen LogP contribution in [-0.2, 0) is 0 Å². The number of carbonyl (C=O) groups excluding carboxylic acids is 1. The fourth-order valence-corrected chi connectivity index (χ4v) is 1.75. The molecule has 0 aliphatic carbocycles. The maximum absolute atomic E-state index is 12.1. The molecule has 0 atom stereocenters. The van der Waals surface area contributed by atoms with E-state index in [4.69, 9.17) is 0 Å². The van der Waals surface area contributed by atoms with E-state index in [9.17, 15) is 4.79 Å². The van der Waals surface area contributed by atoms with Crippen molar-refractivity contribution >= 4 is 17.3 Å². The zero-order valence-corrected chi connectivity index (χ0v) is 11.7. The Morgan fingerprint density at radius 1 is 1.25 bits per heavy atom. The van der Waals surface area contributed by atoms with Crippen molar-refractivity contribution in [1.29, 1.82) is 0 Å². The van der Waals surface area contributed by atoms with Gasteiger partial charge in [-0.2, -0.15) is 0 Å². The number of rotatable bonds is 5. The number of hydrogen-bond acceptors (Lipinski definition) is 4. The van der Waals surface area contributed by atoms with E-state index in [-0.39, 0.29) is 5.91 Å². The fraction of sp³-hybridized carbons (Fsp3) is 0.267. The number of aryl methyl sites for hydroxylation is 1. The highest BCUT2D eigenvalue weighted by molar-refractivity contribution is 6.03. The van der Waals surface area contributed by atoms with Gasteiger partial charge in [0.25, 0.3) is 5.91 Å². The van der Waals surface area contributed by atoms with E-state index in [0.717, 1.165) is 24.2 Å². The van der Waals surface area contributed by atoms with E-state index in [0.29, 0.717) is 11.4 Å². The quantitative estimate of drug-likeness (QED) is 0.876. The highest BCUT2D eigenvalue weighted by Crippen LogP contribution is 2.12. The van der Waals surface area contributed by atoms with Crippen molar-refractivity contribution in [3.05, 3.63) is 48.0 Å². The number of nitrogens with zero attached hydrogens (tertiary/aromatic N) is 2. The molecule has 0 aliphatic rings. The first-order valence-corrected chi connectivity index (χ1v) is 6.62. The van der Waals surface area contributed by atoms with E-state index < -0.39 is 0 Å². The molecule has 5 heteroatoms. The molecule has 2 aromatic heterocycles. The van der Waals surface area contributed by atoms with Crippen LogP contribution in [0.5, 0.6) is 0 Å². The van der Waals surface area contributed by atoms with Gasteiger partial charge >= 0.3 is 0 Å². The van der Waals surface area contributed by atoms with E-state index in [1.165, 1.54) is 0 Å². The van der Waals surface area contributed by atoms with Gasteiger partial charge in [-0.3, -0.25) is 14.8 Å². The van der Waals surface area contributed by atoms with Crippen LogP contribution in [0.1, 0.15) is 29.4 Å². The molecule has 0 saturated carbocycles. The molecular weight excluding hydrogens is 252 g/mol. The van der Waals surface area contributed by atoms with Gasteiger partial charge in [0.15, 0.2) is 0 Å². The van der Waals surface area contributed by atoms with Crippen LogP contribution >= 0.6 is 0 Å². The Labute approximate surface area is 118 Å². The molecular formula is C15H18N4O. The summed E-state index contributed by atoms with van der Waals surface area (Å²) in [4.78, 5) is 20.3. The van der Waals surface area contributed by atoms with Crippen molar-refractivity contribution in [2.45, 2.75) is 20.3 Å². The molecule has 0 saturated heterocycles. The summed E-state index contributed by atoms with van der Waals surface area (Å²) in [6.45, 7) is 4.88. The molecule has 2 heterocycles.